The summed E-state index contributed by atoms with van der Waals surface area (Å²) in [5.74, 6) is -1.82. The smallest absolute Gasteiger partial charge is 0.322 e. The normalized spacial score (nSPS) is 11.1. The van der Waals surface area contributed by atoms with Crippen molar-refractivity contribution in [3.8, 4) is 28.3 Å². The first-order chi connectivity index (χ1) is 16.9. The van der Waals surface area contributed by atoms with Crippen molar-refractivity contribution in [2.24, 2.45) is 0 Å². The number of carboxylic acids is 1. The molecule has 3 heterocycles. The third-order valence-electron chi connectivity index (χ3n) is 5.45. The molecule has 11 nitrogen and oxygen atoms in total. The second-order valence-corrected chi connectivity index (χ2v) is 7.68. The minimum absolute atomic E-state index is 0.148. The van der Waals surface area contributed by atoms with Gasteiger partial charge in [-0.25, -0.2) is 14.5 Å². The van der Waals surface area contributed by atoms with Crippen LogP contribution in [0.15, 0.2) is 57.7 Å². The van der Waals surface area contributed by atoms with Gasteiger partial charge in [0.15, 0.2) is 16.7 Å². The SMILES string of the molecule is COc1cccc2oc(-c3c(C(=O)NCC(=O)O)nc4c(-c5ccccc5)c(C)[nH]n4c3=O)nc12. The quantitative estimate of drug-likeness (QED) is 0.340. The third kappa shape index (κ3) is 3.68. The first-order valence-corrected chi connectivity index (χ1v) is 10.5. The predicted molar refractivity (Wildman–Crippen MR) is 126 cm³/mol. The Kier molecular flexibility index (Phi) is 5.28. The van der Waals surface area contributed by atoms with Gasteiger partial charge in [0.25, 0.3) is 11.5 Å². The largest absolute Gasteiger partial charge is 0.494 e. The highest BCUT2D eigenvalue weighted by molar-refractivity contribution is 6.00. The molecular weight excluding hydrogens is 454 g/mol. The number of carbonyl (C=O) groups is 2. The van der Waals surface area contributed by atoms with Crippen LogP contribution in [-0.2, 0) is 4.79 Å². The molecule has 35 heavy (non-hydrogen) atoms. The Morgan fingerprint density at radius 3 is 2.60 bits per heavy atom. The van der Waals surface area contributed by atoms with Crippen LogP contribution in [0.3, 0.4) is 0 Å². The van der Waals surface area contributed by atoms with E-state index in [-0.39, 0.29) is 22.8 Å². The lowest BCUT2D eigenvalue weighted by Crippen LogP contribution is -2.33. The van der Waals surface area contributed by atoms with Gasteiger partial charge in [0.1, 0.15) is 23.6 Å². The van der Waals surface area contributed by atoms with Crippen molar-refractivity contribution in [2.75, 3.05) is 13.7 Å². The van der Waals surface area contributed by atoms with E-state index in [1.54, 1.807) is 25.1 Å². The number of ether oxygens (including phenoxy) is 1. The summed E-state index contributed by atoms with van der Waals surface area (Å²) in [7, 11) is 1.48. The molecule has 0 aliphatic heterocycles. The Balaban J connectivity index is 1.81. The Morgan fingerprint density at radius 1 is 1.11 bits per heavy atom. The minimum Gasteiger partial charge on any atom is -0.494 e. The number of nitrogens with one attached hydrogen (secondary N) is 2. The van der Waals surface area contributed by atoms with Gasteiger partial charge in [0.05, 0.1) is 7.11 Å². The number of fused-ring (bicyclic) bond motifs is 2. The molecule has 0 bridgehead atoms. The number of benzene rings is 2. The summed E-state index contributed by atoms with van der Waals surface area (Å²) >= 11 is 0. The summed E-state index contributed by atoms with van der Waals surface area (Å²) in [5, 5.41) is 14.3. The zero-order valence-electron chi connectivity index (χ0n) is 18.7. The number of hydrogen-bond donors (Lipinski definition) is 3. The van der Waals surface area contributed by atoms with Crippen LogP contribution in [0, 0.1) is 6.92 Å². The van der Waals surface area contributed by atoms with Gasteiger partial charge in [0, 0.05) is 11.3 Å². The minimum atomic E-state index is -1.24. The van der Waals surface area contributed by atoms with E-state index in [2.05, 4.69) is 20.4 Å². The molecule has 0 saturated heterocycles. The number of rotatable bonds is 6. The number of aryl methyl sites for hydroxylation is 1. The van der Waals surface area contributed by atoms with Crippen molar-refractivity contribution in [1.82, 2.24) is 24.9 Å². The number of amides is 1. The number of hydrogen-bond acceptors (Lipinski definition) is 7. The van der Waals surface area contributed by atoms with Gasteiger partial charge in [-0.3, -0.25) is 19.5 Å². The number of para-hydroxylation sites is 1. The fourth-order valence-corrected chi connectivity index (χ4v) is 3.93. The Bertz CT molecular complexity index is 1670. The van der Waals surface area contributed by atoms with Gasteiger partial charge in [-0.05, 0) is 24.6 Å². The Morgan fingerprint density at radius 2 is 1.89 bits per heavy atom. The summed E-state index contributed by atoms with van der Waals surface area (Å²) in [5.41, 5.74) is 1.81. The number of methoxy groups -OCH3 is 1. The molecule has 0 atom stereocenters. The molecule has 0 unspecified atom stereocenters. The third-order valence-corrected chi connectivity index (χ3v) is 5.45. The van der Waals surface area contributed by atoms with Gasteiger partial charge < -0.3 is 19.6 Å². The second kappa shape index (κ2) is 8.45. The van der Waals surface area contributed by atoms with Gasteiger partial charge in [-0.1, -0.05) is 36.4 Å². The molecule has 3 aromatic heterocycles. The molecular formula is C24H19N5O6. The topological polar surface area (TPSA) is 152 Å². The maximum atomic E-state index is 13.7. The highest BCUT2D eigenvalue weighted by Gasteiger charge is 2.28. The number of nitrogens with zero attached hydrogens (tertiary/aromatic N) is 3. The van der Waals surface area contributed by atoms with Gasteiger partial charge in [-0.15, -0.1) is 0 Å². The van der Waals surface area contributed by atoms with E-state index < -0.39 is 24.0 Å². The lowest BCUT2D eigenvalue weighted by molar-refractivity contribution is -0.135. The van der Waals surface area contributed by atoms with Crippen LogP contribution in [-0.4, -0.2) is 50.2 Å². The van der Waals surface area contributed by atoms with Crippen molar-refractivity contribution in [3.05, 3.63) is 70.3 Å². The molecule has 0 aliphatic carbocycles. The van der Waals surface area contributed by atoms with E-state index >= 15 is 0 Å². The van der Waals surface area contributed by atoms with Crippen molar-refractivity contribution in [1.29, 1.82) is 0 Å². The summed E-state index contributed by atoms with van der Waals surface area (Å²) < 4.78 is 12.3. The lowest BCUT2D eigenvalue weighted by Gasteiger charge is -2.07. The highest BCUT2D eigenvalue weighted by Crippen LogP contribution is 2.31. The van der Waals surface area contributed by atoms with E-state index in [0.717, 1.165) is 5.56 Å². The fourth-order valence-electron chi connectivity index (χ4n) is 3.93. The number of carboxylic acid groups (broad SMARTS) is 1. The summed E-state index contributed by atoms with van der Waals surface area (Å²) in [6.45, 7) is 1.13. The van der Waals surface area contributed by atoms with Crippen LogP contribution in [0.4, 0.5) is 0 Å². The molecule has 3 N–H and O–H groups in total. The maximum absolute atomic E-state index is 13.7. The number of aromatic nitrogens is 4. The van der Waals surface area contributed by atoms with Crippen LogP contribution >= 0.6 is 0 Å². The molecule has 176 valence electrons. The number of oxazole rings is 1. The molecule has 11 heteroatoms. The standard InChI is InChI=1S/C24H19N5O6/c1-12-17(13-7-4-3-5-8-13)21-26-20(22(32)25-11-16(30)31)18(24(33)29(21)28-12)23-27-19-14(34-2)9-6-10-15(19)35-23/h3-10,28H,11H2,1-2H3,(H,25,32)(H,30,31). The summed E-state index contributed by atoms with van der Waals surface area (Å²) in [6, 6.07) is 14.3. The molecule has 2 aromatic carbocycles. The predicted octanol–water partition coefficient (Wildman–Crippen LogP) is 2.63. The van der Waals surface area contributed by atoms with E-state index in [0.29, 0.717) is 28.1 Å². The van der Waals surface area contributed by atoms with Gasteiger partial charge in [-0.2, -0.15) is 0 Å². The summed E-state index contributed by atoms with van der Waals surface area (Å²) in [4.78, 5) is 46.7. The number of carbonyl (C=O) groups excluding carboxylic acids is 1. The van der Waals surface area contributed by atoms with Gasteiger partial charge >= 0.3 is 5.97 Å². The monoisotopic (exact) mass is 473 g/mol. The zero-order chi connectivity index (χ0) is 24.7. The molecule has 0 radical (unpaired) electrons. The maximum Gasteiger partial charge on any atom is 0.322 e. The average Bonchev–Trinajstić information content (AvgIpc) is 3.43. The molecule has 0 aliphatic rings. The number of H-pyrrole nitrogens is 1. The lowest BCUT2D eigenvalue weighted by atomic mass is 10.1. The van der Waals surface area contributed by atoms with E-state index in [4.69, 9.17) is 14.3 Å². The average molecular weight is 473 g/mol. The number of aromatic amines is 1. The van der Waals surface area contributed by atoms with Crippen LogP contribution in [0.2, 0.25) is 0 Å². The molecule has 5 rings (SSSR count). The molecule has 5 aromatic rings. The van der Waals surface area contributed by atoms with Crippen LogP contribution in [0.25, 0.3) is 39.3 Å². The number of aliphatic carboxylic acids is 1. The first-order valence-electron chi connectivity index (χ1n) is 10.5. The van der Waals surface area contributed by atoms with Crippen molar-refractivity contribution < 1.29 is 23.8 Å². The highest BCUT2D eigenvalue weighted by atomic mass is 16.5. The second-order valence-electron chi connectivity index (χ2n) is 7.68. The molecule has 0 spiro atoms. The van der Waals surface area contributed by atoms with Gasteiger partial charge in [0.2, 0.25) is 5.89 Å². The Labute approximate surface area is 197 Å². The molecule has 1 amide bonds. The van der Waals surface area contributed by atoms with Crippen LogP contribution < -0.4 is 15.6 Å². The zero-order valence-corrected chi connectivity index (χ0v) is 18.7. The first kappa shape index (κ1) is 21.9. The van der Waals surface area contributed by atoms with E-state index in [1.807, 2.05) is 30.3 Å². The van der Waals surface area contributed by atoms with E-state index in [9.17, 15) is 14.4 Å². The summed E-state index contributed by atoms with van der Waals surface area (Å²) in [6.07, 6.45) is 0. The van der Waals surface area contributed by atoms with Crippen LogP contribution in [0.1, 0.15) is 16.2 Å². The van der Waals surface area contributed by atoms with Crippen molar-refractivity contribution in [3.63, 3.8) is 0 Å². The molecule has 0 fully saturated rings. The van der Waals surface area contributed by atoms with E-state index in [1.165, 1.54) is 11.6 Å². The fraction of sp³-hybridized carbons (Fsp3) is 0.125. The Hall–Kier alpha value is -4.93. The molecule has 0 saturated carbocycles. The van der Waals surface area contributed by atoms with Crippen molar-refractivity contribution in [2.45, 2.75) is 6.92 Å². The van der Waals surface area contributed by atoms with Crippen molar-refractivity contribution >= 4 is 28.6 Å². The van der Waals surface area contributed by atoms with Crippen LogP contribution in [0.5, 0.6) is 5.75 Å².